The van der Waals surface area contributed by atoms with Gasteiger partial charge in [0.25, 0.3) is 0 Å². The van der Waals surface area contributed by atoms with Gasteiger partial charge < -0.3 is 15.4 Å². The second-order valence-corrected chi connectivity index (χ2v) is 9.26. The molecule has 0 aliphatic heterocycles. The molecule has 3 atom stereocenters. The largest absolute Gasteiger partial charge is 0.378 e. The van der Waals surface area contributed by atoms with Crippen LogP contribution < -0.4 is 10.6 Å². The van der Waals surface area contributed by atoms with E-state index in [2.05, 4.69) is 22.5 Å². The van der Waals surface area contributed by atoms with Crippen molar-refractivity contribution in [2.24, 2.45) is 10.4 Å². The number of ether oxygens (including phenoxy) is 1. The van der Waals surface area contributed by atoms with Gasteiger partial charge in [-0.15, -0.1) is 0 Å². The lowest BCUT2D eigenvalue weighted by Gasteiger charge is -2.61. The lowest BCUT2D eigenvalue weighted by molar-refractivity contribution is -0.168. The highest BCUT2D eigenvalue weighted by atomic mass is 32.2. The maximum Gasteiger partial charge on any atom is 0.191 e. The summed E-state index contributed by atoms with van der Waals surface area (Å²) in [5, 5.41) is 6.83. The number of hydrogen-bond donors (Lipinski definition) is 2. The van der Waals surface area contributed by atoms with Gasteiger partial charge in [0.1, 0.15) is 9.84 Å². The maximum atomic E-state index is 11.3. The molecule has 6 nitrogen and oxygen atoms in total. The van der Waals surface area contributed by atoms with Crippen molar-refractivity contribution < 1.29 is 13.2 Å². The zero-order valence-electron chi connectivity index (χ0n) is 14.8. The number of aliphatic imine (C=N–C) groups is 1. The standard InChI is InChI=1S/C16H31N3O3S/c1-5-22-14-11-13(16(14)8-6-9-16)19-15(17-3)18-12(2)7-10-23(4,20)21/h12-14H,5-11H2,1-4H3,(H2,17,18,19). The summed E-state index contributed by atoms with van der Waals surface area (Å²) in [6.45, 7) is 4.81. The van der Waals surface area contributed by atoms with Crippen LogP contribution in [0.3, 0.4) is 0 Å². The van der Waals surface area contributed by atoms with Gasteiger partial charge in [-0.25, -0.2) is 8.42 Å². The van der Waals surface area contributed by atoms with Gasteiger partial charge in [0.05, 0.1) is 11.9 Å². The van der Waals surface area contributed by atoms with Crippen LogP contribution in [0.25, 0.3) is 0 Å². The van der Waals surface area contributed by atoms with E-state index in [9.17, 15) is 8.42 Å². The second-order valence-electron chi connectivity index (χ2n) is 7.00. The molecule has 2 saturated carbocycles. The molecular formula is C16H31N3O3S. The van der Waals surface area contributed by atoms with Crippen LogP contribution in [0.15, 0.2) is 4.99 Å². The van der Waals surface area contributed by atoms with Crippen molar-refractivity contribution in [3.8, 4) is 0 Å². The van der Waals surface area contributed by atoms with Crippen molar-refractivity contribution in [1.82, 2.24) is 10.6 Å². The van der Waals surface area contributed by atoms with Gasteiger partial charge in [-0.2, -0.15) is 0 Å². The Labute approximate surface area is 140 Å². The number of nitrogens with one attached hydrogen (secondary N) is 2. The minimum Gasteiger partial charge on any atom is -0.378 e. The highest BCUT2D eigenvalue weighted by molar-refractivity contribution is 7.90. The van der Waals surface area contributed by atoms with Crippen molar-refractivity contribution in [2.75, 3.05) is 25.7 Å². The smallest absolute Gasteiger partial charge is 0.191 e. The second kappa shape index (κ2) is 7.38. The predicted octanol–water partition coefficient (Wildman–Crippen LogP) is 1.32. The third-order valence-electron chi connectivity index (χ3n) is 5.28. The average molecular weight is 346 g/mol. The zero-order valence-corrected chi connectivity index (χ0v) is 15.6. The molecule has 2 aliphatic rings. The molecule has 7 heteroatoms. The van der Waals surface area contributed by atoms with Crippen LogP contribution >= 0.6 is 0 Å². The summed E-state index contributed by atoms with van der Waals surface area (Å²) < 4.78 is 28.4. The fourth-order valence-corrected chi connectivity index (χ4v) is 4.45. The molecule has 0 amide bonds. The van der Waals surface area contributed by atoms with Crippen LogP contribution in [0.5, 0.6) is 0 Å². The summed E-state index contributed by atoms with van der Waals surface area (Å²) >= 11 is 0. The summed E-state index contributed by atoms with van der Waals surface area (Å²) in [4.78, 5) is 4.29. The van der Waals surface area contributed by atoms with E-state index in [-0.39, 0.29) is 17.2 Å². The monoisotopic (exact) mass is 345 g/mol. The number of hydrogen-bond acceptors (Lipinski definition) is 4. The van der Waals surface area contributed by atoms with Crippen LogP contribution in [0.2, 0.25) is 0 Å². The summed E-state index contributed by atoms with van der Waals surface area (Å²) in [5.74, 6) is 0.954. The van der Waals surface area contributed by atoms with E-state index in [1.54, 1.807) is 7.05 Å². The third kappa shape index (κ3) is 4.38. The van der Waals surface area contributed by atoms with Gasteiger partial charge in [0.2, 0.25) is 0 Å². The molecule has 2 aliphatic carbocycles. The Bertz CT molecular complexity index is 529. The van der Waals surface area contributed by atoms with Gasteiger partial charge in [-0.3, -0.25) is 4.99 Å². The molecule has 2 rings (SSSR count). The molecule has 2 N–H and O–H groups in total. The highest BCUT2D eigenvalue weighted by Gasteiger charge is 2.59. The Morgan fingerprint density at radius 3 is 2.61 bits per heavy atom. The summed E-state index contributed by atoms with van der Waals surface area (Å²) in [7, 11) is -1.17. The quantitative estimate of drug-likeness (QED) is 0.537. The van der Waals surface area contributed by atoms with Crippen molar-refractivity contribution >= 4 is 15.8 Å². The fraction of sp³-hybridized carbons (Fsp3) is 0.938. The Kier molecular flexibility index (Phi) is 5.94. The molecule has 0 saturated heterocycles. The summed E-state index contributed by atoms with van der Waals surface area (Å²) in [6, 6.07) is 0.470. The minimum atomic E-state index is -2.92. The number of sulfone groups is 1. The molecule has 3 unspecified atom stereocenters. The van der Waals surface area contributed by atoms with E-state index in [4.69, 9.17) is 4.74 Å². The molecule has 0 aromatic rings. The first-order valence-electron chi connectivity index (χ1n) is 8.60. The van der Waals surface area contributed by atoms with E-state index >= 15 is 0 Å². The topological polar surface area (TPSA) is 79.8 Å². The van der Waals surface area contributed by atoms with Crippen LogP contribution in [-0.4, -0.2) is 58.2 Å². The van der Waals surface area contributed by atoms with Crippen molar-refractivity contribution in [3.63, 3.8) is 0 Å². The molecule has 1 spiro atoms. The number of rotatable bonds is 7. The first-order valence-corrected chi connectivity index (χ1v) is 10.7. The van der Waals surface area contributed by atoms with Crippen LogP contribution in [0, 0.1) is 5.41 Å². The van der Waals surface area contributed by atoms with Crippen molar-refractivity contribution in [1.29, 1.82) is 0 Å². The third-order valence-corrected chi connectivity index (χ3v) is 6.25. The zero-order chi connectivity index (χ0) is 17.1. The first-order chi connectivity index (χ1) is 10.8. The van der Waals surface area contributed by atoms with Gasteiger partial charge >= 0.3 is 0 Å². The fourth-order valence-electron chi connectivity index (χ4n) is 3.67. The first kappa shape index (κ1) is 18.5. The maximum absolute atomic E-state index is 11.3. The Morgan fingerprint density at radius 1 is 1.43 bits per heavy atom. The van der Waals surface area contributed by atoms with Gasteiger partial charge in [0, 0.05) is 37.4 Å². The lowest BCUT2D eigenvalue weighted by atomic mass is 9.51. The molecule has 0 radical (unpaired) electrons. The van der Waals surface area contributed by atoms with Crippen molar-refractivity contribution in [3.05, 3.63) is 0 Å². The summed E-state index contributed by atoms with van der Waals surface area (Å²) in [6.07, 6.45) is 6.96. The SMILES string of the molecule is CCOC1CC(NC(=NC)NC(C)CCS(C)(=O)=O)C12CCC2. The number of guanidine groups is 1. The Hall–Kier alpha value is -0.820. The number of nitrogens with zero attached hydrogens (tertiary/aromatic N) is 1. The lowest BCUT2D eigenvalue weighted by Crippen LogP contribution is -2.68. The predicted molar refractivity (Wildman–Crippen MR) is 93.5 cm³/mol. The van der Waals surface area contributed by atoms with Crippen LogP contribution in [0.1, 0.15) is 46.0 Å². The van der Waals surface area contributed by atoms with E-state index in [0.29, 0.717) is 18.6 Å². The van der Waals surface area contributed by atoms with Gasteiger partial charge in [0.15, 0.2) is 5.96 Å². The summed E-state index contributed by atoms with van der Waals surface area (Å²) in [5.41, 5.74) is 0.281. The van der Waals surface area contributed by atoms with E-state index in [1.807, 2.05) is 6.92 Å². The normalized spacial score (nSPS) is 27.9. The Balaban J connectivity index is 1.84. The molecule has 0 aromatic carbocycles. The minimum absolute atomic E-state index is 0.0658. The Morgan fingerprint density at radius 2 is 2.13 bits per heavy atom. The molecule has 2 fully saturated rings. The van der Waals surface area contributed by atoms with Crippen LogP contribution in [-0.2, 0) is 14.6 Å². The molecule has 23 heavy (non-hydrogen) atoms. The van der Waals surface area contributed by atoms with E-state index in [0.717, 1.165) is 19.0 Å². The highest BCUT2D eigenvalue weighted by Crippen LogP contribution is 2.57. The molecule has 0 aromatic heterocycles. The van der Waals surface area contributed by atoms with Crippen molar-refractivity contribution in [2.45, 2.75) is 64.1 Å². The van der Waals surface area contributed by atoms with Gasteiger partial charge in [-0.1, -0.05) is 6.42 Å². The molecule has 0 bridgehead atoms. The molecular weight excluding hydrogens is 314 g/mol. The molecule has 0 heterocycles. The average Bonchev–Trinajstić information content (AvgIpc) is 2.40. The van der Waals surface area contributed by atoms with Crippen LogP contribution in [0.4, 0.5) is 0 Å². The van der Waals surface area contributed by atoms with Gasteiger partial charge in [-0.05, 0) is 39.5 Å². The van der Waals surface area contributed by atoms with E-state index in [1.165, 1.54) is 25.5 Å². The molecule has 134 valence electrons. The van der Waals surface area contributed by atoms with E-state index < -0.39 is 9.84 Å².